The minimum Gasteiger partial charge on any atom is -0.465 e. The molecule has 9 nitrogen and oxygen atoms in total. The topological polar surface area (TPSA) is 107 Å². The van der Waals surface area contributed by atoms with Crippen molar-refractivity contribution in [2.45, 2.75) is 0 Å². The van der Waals surface area contributed by atoms with E-state index in [2.05, 4.69) is 0 Å². The van der Waals surface area contributed by atoms with Gasteiger partial charge in [0.05, 0.1) is 21.3 Å². The second-order valence-corrected chi connectivity index (χ2v) is 9.56. The van der Waals surface area contributed by atoms with Gasteiger partial charge >= 0.3 is 17.9 Å². The van der Waals surface area contributed by atoms with Gasteiger partial charge in [-0.05, 0) is 72.8 Å². The van der Waals surface area contributed by atoms with E-state index < -0.39 is 51.8 Å². The van der Waals surface area contributed by atoms with Crippen molar-refractivity contribution in [1.29, 1.82) is 0 Å². The average Bonchev–Trinajstić information content (AvgIpc) is 2.99. The van der Waals surface area contributed by atoms with E-state index >= 15 is 0 Å². The second-order valence-electron chi connectivity index (χ2n) is 8.26. The van der Waals surface area contributed by atoms with Gasteiger partial charge in [-0.3, -0.25) is 0 Å². The van der Waals surface area contributed by atoms with E-state index in [1.807, 2.05) is 0 Å². The van der Waals surface area contributed by atoms with Crippen LogP contribution in [0.15, 0.2) is 72.8 Å². The summed E-state index contributed by atoms with van der Waals surface area (Å²) in [6.45, 7) is 0. The largest absolute Gasteiger partial charge is 0.465 e. The minimum atomic E-state index is -1.02. The highest BCUT2D eigenvalue weighted by atomic mass is 35.5. The molecule has 0 heterocycles. The molecule has 12 heteroatoms. The van der Waals surface area contributed by atoms with Crippen molar-refractivity contribution >= 4 is 52.7 Å². The average molecular weight is 632 g/mol. The Bertz CT molecular complexity index is 1400. The fourth-order valence-corrected chi connectivity index (χ4v) is 4.09. The minimum absolute atomic E-state index is 0.162. The summed E-state index contributed by atoms with van der Waals surface area (Å²) in [6, 6.07) is 18.2. The molecule has 0 N–H and O–H groups in total. The smallest absolute Gasteiger partial charge is 0.345 e. The zero-order chi connectivity index (χ0) is 30.4. The maximum Gasteiger partial charge on any atom is 0.345 e. The van der Waals surface area contributed by atoms with E-state index in [4.69, 9.17) is 63.2 Å². The zero-order valence-electron chi connectivity index (χ0n) is 22.2. The maximum atomic E-state index is 13.4. The van der Waals surface area contributed by atoms with Crippen LogP contribution in [0.5, 0.6) is 34.5 Å². The molecule has 4 aromatic rings. The Morgan fingerprint density at radius 3 is 0.833 bits per heavy atom. The summed E-state index contributed by atoms with van der Waals surface area (Å²) in [5, 5.41) is 1.22. The van der Waals surface area contributed by atoms with E-state index in [0.717, 1.165) is 21.3 Å². The number of rotatable bonds is 9. The van der Waals surface area contributed by atoms with Gasteiger partial charge in [-0.1, -0.05) is 34.8 Å². The van der Waals surface area contributed by atoms with Gasteiger partial charge in [0, 0.05) is 15.1 Å². The standard InChI is InChI=1S/C30H21Cl3O9/c1-37-28(34)22-25(40-19-10-4-16(31)5-11-19)23(29(35)38-2)27(42-21-14-8-18(33)9-15-21)24(30(36)39-3)26(22)41-20-12-6-17(32)7-13-20/h4-15H,1-3H3. The molecular formula is C30H21Cl3O9. The van der Waals surface area contributed by atoms with Crippen molar-refractivity contribution in [1.82, 2.24) is 0 Å². The molecule has 0 bridgehead atoms. The van der Waals surface area contributed by atoms with Crippen LogP contribution in [0.25, 0.3) is 0 Å². The van der Waals surface area contributed by atoms with Crippen LogP contribution in [0.2, 0.25) is 15.1 Å². The normalized spacial score (nSPS) is 10.4. The van der Waals surface area contributed by atoms with Crippen LogP contribution in [0.4, 0.5) is 0 Å². The number of hydrogen-bond acceptors (Lipinski definition) is 9. The number of halogens is 3. The van der Waals surface area contributed by atoms with Crippen LogP contribution < -0.4 is 14.2 Å². The van der Waals surface area contributed by atoms with E-state index in [-0.39, 0.29) is 17.2 Å². The van der Waals surface area contributed by atoms with Crippen molar-refractivity contribution in [2.24, 2.45) is 0 Å². The lowest BCUT2D eigenvalue weighted by atomic mass is 9.99. The number of methoxy groups -OCH3 is 3. The lowest BCUT2D eigenvalue weighted by molar-refractivity contribution is 0.0585. The van der Waals surface area contributed by atoms with Crippen molar-refractivity contribution in [3.8, 4) is 34.5 Å². The summed E-state index contributed by atoms with van der Waals surface area (Å²) >= 11 is 18.1. The number of ether oxygens (including phenoxy) is 6. The molecule has 0 saturated heterocycles. The van der Waals surface area contributed by atoms with E-state index in [1.165, 1.54) is 72.8 Å². The summed E-state index contributed by atoms with van der Waals surface area (Å²) in [7, 11) is 3.32. The predicted octanol–water partition coefficient (Wildman–Crippen LogP) is 8.38. The molecule has 0 spiro atoms. The number of hydrogen-bond donors (Lipinski definition) is 0. The molecular weight excluding hydrogens is 611 g/mol. The van der Waals surface area contributed by atoms with Gasteiger partial charge in [0.15, 0.2) is 17.2 Å². The van der Waals surface area contributed by atoms with E-state index in [0.29, 0.717) is 15.1 Å². The number of benzene rings is 4. The fourth-order valence-electron chi connectivity index (χ4n) is 3.71. The first kappa shape index (κ1) is 30.5. The molecule has 0 unspecified atom stereocenters. The van der Waals surface area contributed by atoms with E-state index in [9.17, 15) is 14.4 Å². The molecule has 4 rings (SSSR count). The maximum absolute atomic E-state index is 13.4. The van der Waals surface area contributed by atoms with Gasteiger partial charge in [-0.25, -0.2) is 14.4 Å². The van der Waals surface area contributed by atoms with Gasteiger partial charge < -0.3 is 28.4 Å². The van der Waals surface area contributed by atoms with Crippen LogP contribution in [0, 0.1) is 0 Å². The van der Waals surface area contributed by atoms with E-state index in [1.54, 1.807) is 0 Å². The SMILES string of the molecule is COC(=O)c1c(Oc2ccc(Cl)cc2)c(C(=O)OC)c(Oc2ccc(Cl)cc2)c(C(=O)OC)c1Oc1ccc(Cl)cc1. The second kappa shape index (κ2) is 13.5. The van der Waals surface area contributed by atoms with Crippen LogP contribution in [-0.2, 0) is 14.2 Å². The Hall–Kier alpha value is -4.44. The van der Waals surface area contributed by atoms with Gasteiger partial charge in [0.1, 0.15) is 33.9 Å². The Kier molecular flexibility index (Phi) is 9.80. The Morgan fingerprint density at radius 2 is 0.643 bits per heavy atom. The lowest BCUT2D eigenvalue weighted by Gasteiger charge is -2.23. The highest BCUT2D eigenvalue weighted by molar-refractivity contribution is 6.31. The van der Waals surface area contributed by atoms with Crippen LogP contribution >= 0.6 is 34.8 Å². The van der Waals surface area contributed by atoms with Crippen LogP contribution in [0.1, 0.15) is 31.1 Å². The van der Waals surface area contributed by atoms with Gasteiger partial charge in [-0.2, -0.15) is 0 Å². The first-order valence-corrected chi connectivity index (χ1v) is 13.1. The Labute approximate surface area is 255 Å². The highest BCUT2D eigenvalue weighted by Gasteiger charge is 2.39. The van der Waals surface area contributed by atoms with Gasteiger partial charge in [0.25, 0.3) is 0 Å². The van der Waals surface area contributed by atoms with Crippen molar-refractivity contribution in [3.05, 3.63) is 105 Å². The third kappa shape index (κ3) is 6.71. The summed E-state index contributed by atoms with van der Waals surface area (Å²) in [6.07, 6.45) is 0. The molecule has 0 atom stereocenters. The molecule has 4 aromatic carbocycles. The molecule has 0 aliphatic rings. The number of carbonyl (C=O) groups is 3. The molecule has 0 radical (unpaired) electrons. The summed E-state index contributed by atoms with van der Waals surface area (Å²) in [4.78, 5) is 40.2. The summed E-state index contributed by atoms with van der Waals surface area (Å²) in [5.74, 6) is -3.74. The van der Waals surface area contributed by atoms with Crippen molar-refractivity contribution < 1.29 is 42.8 Å². The first-order chi connectivity index (χ1) is 20.2. The predicted molar refractivity (Wildman–Crippen MR) is 155 cm³/mol. The van der Waals surface area contributed by atoms with Crippen molar-refractivity contribution in [3.63, 3.8) is 0 Å². The molecule has 0 aromatic heterocycles. The molecule has 0 amide bonds. The molecule has 216 valence electrons. The van der Waals surface area contributed by atoms with Gasteiger partial charge in [0.2, 0.25) is 0 Å². The van der Waals surface area contributed by atoms with Crippen molar-refractivity contribution in [2.75, 3.05) is 21.3 Å². The quantitative estimate of drug-likeness (QED) is 0.133. The lowest BCUT2D eigenvalue weighted by Crippen LogP contribution is -2.18. The van der Waals surface area contributed by atoms with Gasteiger partial charge in [-0.15, -0.1) is 0 Å². The summed E-state index contributed by atoms with van der Waals surface area (Å²) in [5.41, 5.74) is -1.31. The molecule has 0 saturated carbocycles. The monoisotopic (exact) mass is 630 g/mol. The first-order valence-electron chi connectivity index (χ1n) is 12.0. The zero-order valence-corrected chi connectivity index (χ0v) is 24.5. The third-order valence-corrected chi connectivity index (χ3v) is 6.39. The summed E-state index contributed by atoms with van der Waals surface area (Å²) < 4.78 is 33.4. The Morgan fingerprint density at radius 1 is 0.429 bits per heavy atom. The molecule has 0 aliphatic heterocycles. The molecule has 0 fully saturated rings. The number of esters is 3. The van der Waals surface area contributed by atoms with Crippen LogP contribution in [-0.4, -0.2) is 39.2 Å². The highest BCUT2D eigenvalue weighted by Crippen LogP contribution is 2.49. The molecule has 0 aliphatic carbocycles. The van der Waals surface area contributed by atoms with Crippen LogP contribution in [0.3, 0.4) is 0 Å². The third-order valence-electron chi connectivity index (χ3n) is 5.63. The molecule has 42 heavy (non-hydrogen) atoms. The Balaban J connectivity index is 2.15. The number of carbonyl (C=O) groups excluding carboxylic acids is 3. The fraction of sp³-hybridized carbons (Fsp3) is 0.100.